The van der Waals surface area contributed by atoms with Gasteiger partial charge in [-0.3, -0.25) is 4.98 Å². The number of pyridine rings is 1. The van der Waals surface area contributed by atoms with Crippen molar-refractivity contribution in [2.45, 2.75) is 37.1 Å². The van der Waals surface area contributed by atoms with Gasteiger partial charge in [0.25, 0.3) is 0 Å². The van der Waals surface area contributed by atoms with Crippen molar-refractivity contribution in [3.05, 3.63) is 59.4 Å². The van der Waals surface area contributed by atoms with Crippen LogP contribution in [0.25, 0.3) is 0 Å². The number of fused-ring (bicyclic) bond motifs is 1. The lowest BCUT2D eigenvalue weighted by Crippen LogP contribution is -2.53. The number of benzene rings is 1. The summed E-state index contributed by atoms with van der Waals surface area (Å²) in [5.74, 6) is 0.182. The number of aromatic nitrogens is 1. The summed E-state index contributed by atoms with van der Waals surface area (Å²) in [5.41, 5.74) is 2.69. The van der Waals surface area contributed by atoms with Crippen molar-refractivity contribution in [1.29, 1.82) is 0 Å². The van der Waals surface area contributed by atoms with Crippen LogP contribution >= 0.6 is 0 Å². The van der Waals surface area contributed by atoms with Gasteiger partial charge in [-0.25, -0.2) is 4.79 Å². The number of rotatable bonds is 2. The van der Waals surface area contributed by atoms with Gasteiger partial charge in [-0.15, -0.1) is 0 Å². The van der Waals surface area contributed by atoms with Gasteiger partial charge in [-0.05, 0) is 54.7 Å². The highest BCUT2D eigenvalue weighted by atomic mass is 16.4. The molecule has 1 aliphatic heterocycles. The predicted molar refractivity (Wildman–Crippen MR) is 89.0 cm³/mol. The van der Waals surface area contributed by atoms with E-state index in [1.165, 1.54) is 4.90 Å². The molecule has 1 amide bonds. The van der Waals surface area contributed by atoms with Gasteiger partial charge in [0.05, 0.1) is 6.04 Å². The normalized spacial score (nSPS) is 21.7. The van der Waals surface area contributed by atoms with Crippen LogP contribution in [0.4, 0.5) is 4.79 Å². The zero-order chi connectivity index (χ0) is 16.7. The van der Waals surface area contributed by atoms with E-state index in [0.29, 0.717) is 13.0 Å². The summed E-state index contributed by atoms with van der Waals surface area (Å²) in [6.45, 7) is 0.479. The molecule has 0 spiro atoms. The largest absolute Gasteiger partial charge is 0.508 e. The van der Waals surface area contributed by atoms with Crippen LogP contribution in [-0.4, -0.2) is 32.7 Å². The maximum absolute atomic E-state index is 11.9. The zero-order valence-corrected chi connectivity index (χ0v) is 13.4. The molecule has 1 saturated carbocycles. The van der Waals surface area contributed by atoms with E-state index in [4.69, 9.17) is 0 Å². The van der Waals surface area contributed by atoms with Crippen molar-refractivity contribution < 1.29 is 15.0 Å². The third kappa shape index (κ3) is 2.15. The molecule has 4 rings (SSSR count). The molecule has 2 aliphatic rings. The molecule has 0 radical (unpaired) electrons. The Kier molecular flexibility index (Phi) is 3.44. The minimum atomic E-state index is -0.906. The molecule has 0 saturated heterocycles. The van der Waals surface area contributed by atoms with Crippen LogP contribution < -0.4 is 0 Å². The average Bonchev–Trinajstić information content (AvgIpc) is 2.55. The van der Waals surface area contributed by atoms with Gasteiger partial charge in [-0.2, -0.15) is 0 Å². The molecule has 1 aliphatic carbocycles. The molecule has 5 heteroatoms. The highest BCUT2D eigenvalue weighted by Crippen LogP contribution is 2.55. The third-order valence-electron chi connectivity index (χ3n) is 5.55. The summed E-state index contributed by atoms with van der Waals surface area (Å²) in [4.78, 5) is 18.0. The molecule has 2 aromatic rings. The van der Waals surface area contributed by atoms with Crippen LogP contribution in [-0.2, 0) is 11.8 Å². The van der Waals surface area contributed by atoms with E-state index in [1.807, 2.05) is 24.3 Å². The van der Waals surface area contributed by atoms with E-state index in [-0.39, 0.29) is 17.2 Å². The van der Waals surface area contributed by atoms with Gasteiger partial charge in [0.15, 0.2) is 0 Å². The molecule has 2 heterocycles. The minimum absolute atomic E-state index is 0.182. The second-order valence-electron chi connectivity index (χ2n) is 6.74. The molecule has 1 aromatic carbocycles. The Balaban J connectivity index is 1.89. The van der Waals surface area contributed by atoms with Crippen molar-refractivity contribution in [3.63, 3.8) is 0 Å². The van der Waals surface area contributed by atoms with Gasteiger partial charge in [-0.1, -0.05) is 18.6 Å². The number of amides is 1. The number of nitrogens with zero attached hydrogens (tertiary/aromatic N) is 2. The monoisotopic (exact) mass is 324 g/mol. The van der Waals surface area contributed by atoms with Crippen molar-refractivity contribution in [1.82, 2.24) is 9.88 Å². The molecule has 0 bridgehead atoms. The predicted octanol–water partition coefficient (Wildman–Crippen LogP) is 3.49. The molecular weight excluding hydrogens is 304 g/mol. The second-order valence-corrected chi connectivity index (χ2v) is 6.74. The van der Waals surface area contributed by atoms with Crippen LogP contribution in [0.5, 0.6) is 5.75 Å². The Bertz CT molecular complexity index is 771. The van der Waals surface area contributed by atoms with Crippen LogP contribution in [0, 0.1) is 0 Å². The fourth-order valence-corrected chi connectivity index (χ4v) is 4.29. The number of phenolic OH excluding ortho intramolecular Hbond substituents is 1. The Labute approximate surface area is 140 Å². The molecule has 1 aromatic heterocycles. The molecule has 24 heavy (non-hydrogen) atoms. The van der Waals surface area contributed by atoms with Crippen LogP contribution in [0.3, 0.4) is 0 Å². The molecule has 1 fully saturated rings. The highest BCUT2D eigenvalue weighted by Gasteiger charge is 2.52. The summed E-state index contributed by atoms with van der Waals surface area (Å²) in [7, 11) is 0. The summed E-state index contributed by atoms with van der Waals surface area (Å²) >= 11 is 0. The van der Waals surface area contributed by atoms with Crippen LogP contribution in [0.15, 0.2) is 42.6 Å². The van der Waals surface area contributed by atoms with E-state index in [9.17, 15) is 15.0 Å². The number of hydrogen-bond acceptors (Lipinski definition) is 3. The van der Waals surface area contributed by atoms with Crippen LogP contribution in [0.1, 0.15) is 42.1 Å². The molecular formula is C19H20N2O3. The summed E-state index contributed by atoms with van der Waals surface area (Å²) in [6.07, 6.45) is 4.43. The summed E-state index contributed by atoms with van der Waals surface area (Å²) in [6, 6.07) is 10.9. The summed E-state index contributed by atoms with van der Waals surface area (Å²) < 4.78 is 0. The topological polar surface area (TPSA) is 73.7 Å². The van der Waals surface area contributed by atoms with E-state index in [0.717, 1.165) is 36.1 Å². The van der Waals surface area contributed by atoms with Gasteiger partial charge in [0.1, 0.15) is 5.75 Å². The first-order chi connectivity index (χ1) is 11.6. The Morgan fingerprint density at radius 2 is 2.08 bits per heavy atom. The Morgan fingerprint density at radius 3 is 2.71 bits per heavy atom. The number of phenols is 1. The van der Waals surface area contributed by atoms with Crippen molar-refractivity contribution in [3.8, 4) is 5.75 Å². The van der Waals surface area contributed by atoms with E-state index >= 15 is 0 Å². The number of aromatic hydroxyl groups is 1. The third-order valence-corrected chi connectivity index (χ3v) is 5.55. The molecule has 5 nitrogen and oxygen atoms in total. The fourth-order valence-electron chi connectivity index (χ4n) is 4.29. The highest BCUT2D eigenvalue weighted by molar-refractivity contribution is 5.67. The maximum atomic E-state index is 11.9. The molecule has 2 N–H and O–H groups in total. The standard InChI is InChI=1S/C19H20N2O3/c22-14-6-5-13-7-11-21(18(23)24)17(15(13)12-14)19(8-3-9-19)16-4-1-2-10-20-16/h1-2,4-6,10,12,17,22H,3,7-9,11H2,(H,23,24). The van der Waals surface area contributed by atoms with Gasteiger partial charge in [0.2, 0.25) is 0 Å². The minimum Gasteiger partial charge on any atom is -0.508 e. The maximum Gasteiger partial charge on any atom is 0.407 e. The van der Waals surface area contributed by atoms with Gasteiger partial charge >= 0.3 is 6.09 Å². The van der Waals surface area contributed by atoms with Crippen LogP contribution in [0.2, 0.25) is 0 Å². The lowest BCUT2D eigenvalue weighted by Gasteiger charge is -2.52. The second kappa shape index (κ2) is 5.51. The first-order valence-electron chi connectivity index (χ1n) is 8.35. The first-order valence-corrected chi connectivity index (χ1v) is 8.35. The van der Waals surface area contributed by atoms with Crippen molar-refractivity contribution in [2.75, 3.05) is 6.54 Å². The molecule has 124 valence electrons. The van der Waals surface area contributed by atoms with Gasteiger partial charge < -0.3 is 15.1 Å². The Morgan fingerprint density at radius 1 is 1.25 bits per heavy atom. The van der Waals surface area contributed by atoms with Crippen molar-refractivity contribution in [2.24, 2.45) is 0 Å². The fraction of sp³-hybridized carbons (Fsp3) is 0.368. The molecule has 1 unspecified atom stereocenters. The number of carbonyl (C=O) groups is 1. The lowest BCUT2D eigenvalue weighted by molar-refractivity contribution is 0.0490. The SMILES string of the molecule is O=C(O)N1CCc2ccc(O)cc2C1C1(c2ccccn2)CCC1. The van der Waals surface area contributed by atoms with Gasteiger partial charge in [0, 0.05) is 23.9 Å². The van der Waals surface area contributed by atoms with E-state index in [1.54, 1.807) is 18.3 Å². The molecule has 1 atom stereocenters. The average molecular weight is 324 g/mol. The zero-order valence-electron chi connectivity index (χ0n) is 13.4. The van der Waals surface area contributed by atoms with Crippen molar-refractivity contribution >= 4 is 6.09 Å². The van der Waals surface area contributed by atoms with E-state index < -0.39 is 6.09 Å². The lowest BCUT2D eigenvalue weighted by atomic mass is 9.59. The number of hydrogen-bond donors (Lipinski definition) is 2. The first kappa shape index (κ1) is 15.0. The quantitative estimate of drug-likeness (QED) is 0.887. The van der Waals surface area contributed by atoms with E-state index in [2.05, 4.69) is 4.98 Å². The number of carboxylic acid groups (broad SMARTS) is 1. The Hall–Kier alpha value is -2.56. The smallest absolute Gasteiger partial charge is 0.407 e. The summed E-state index contributed by atoms with van der Waals surface area (Å²) in [5, 5.41) is 19.8.